The summed E-state index contributed by atoms with van der Waals surface area (Å²) in [5, 5.41) is 23.5. The van der Waals surface area contributed by atoms with E-state index in [1.807, 2.05) is 0 Å². The second-order valence-electron chi connectivity index (χ2n) is 7.93. The first-order chi connectivity index (χ1) is 19.3. The molecule has 0 bridgehead atoms. The molecule has 3 rings (SSSR count). The summed E-state index contributed by atoms with van der Waals surface area (Å²) in [6, 6.07) is 9.72. The van der Waals surface area contributed by atoms with Gasteiger partial charge in [-0.1, -0.05) is 12.1 Å². The van der Waals surface area contributed by atoms with Crippen molar-refractivity contribution in [3.05, 3.63) is 77.5 Å². The summed E-state index contributed by atoms with van der Waals surface area (Å²) >= 11 is 0. The third kappa shape index (κ3) is 11.1. The molecular weight excluding hydrogens is 561 g/mol. The highest BCUT2D eigenvalue weighted by atomic mass is 19.4. The van der Waals surface area contributed by atoms with E-state index in [2.05, 4.69) is 20.9 Å². The third-order valence-electron chi connectivity index (χ3n) is 4.82. The number of aliphatic carboxylic acids is 1. The van der Waals surface area contributed by atoms with Crippen molar-refractivity contribution in [2.45, 2.75) is 19.1 Å². The molecule has 2 aromatic carbocycles. The number of nitrogens with two attached hydrogens (primary N) is 1. The first-order valence-corrected chi connectivity index (χ1v) is 11.5. The highest BCUT2D eigenvalue weighted by Gasteiger charge is 2.38. The summed E-state index contributed by atoms with van der Waals surface area (Å²) in [7, 11) is 0. The van der Waals surface area contributed by atoms with Crippen LogP contribution in [0.4, 0.5) is 38.3 Å². The lowest BCUT2D eigenvalue weighted by Gasteiger charge is -2.14. The zero-order chi connectivity index (χ0) is 30.6. The van der Waals surface area contributed by atoms with Crippen LogP contribution in [0.1, 0.15) is 11.1 Å². The second kappa shape index (κ2) is 15.1. The molecule has 1 heterocycles. The quantitative estimate of drug-likeness (QED) is 0.162. The molecule has 220 valence electrons. The van der Waals surface area contributed by atoms with Crippen molar-refractivity contribution in [2.24, 2.45) is 0 Å². The molecule has 0 aliphatic rings. The smallest absolute Gasteiger partial charge is 0.475 e. The summed E-state index contributed by atoms with van der Waals surface area (Å²) in [6.45, 7) is 0.519. The van der Waals surface area contributed by atoms with Gasteiger partial charge in [-0.3, -0.25) is 10.1 Å². The average molecular weight is 585 g/mol. The van der Waals surface area contributed by atoms with Crippen molar-refractivity contribution in [3.8, 4) is 11.5 Å². The molecule has 0 aliphatic carbocycles. The number of aliphatic hydroxyl groups excluding tert-OH is 1. The number of carbonyl (C=O) groups excluding carboxylic acids is 2. The van der Waals surface area contributed by atoms with E-state index < -0.39 is 35.7 Å². The number of carboxylic acids is 1. The number of ether oxygens (including phenoxy) is 1. The van der Waals surface area contributed by atoms with Crippen molar-refractivity contribution in [2.75, 3.05) is 24.2 Å². The van der Waals surface area contributed by atoms with Crippen LogP contribution in [-0.2, 0) is 22.6 Å². The minimum atomic E-state index is -5.08. The lowest BCUT2D eigenvalue weighted by Crippen LogP contribution is -2.35. The van der Waals surface area contributed by atoms with Crippen LogP contribution >= 0.6 is 0 Å². The van der Waals surface area contributed by atoms with Gasteiger partial charge >= 0.3 is 18.2 Å². The Morgan fingerprint density at radius 1 is 1.00 bits per heavy atom. The molecule has 0 atom stereocenters. The normalized spacial score (nSPS) is 10.7. The van der Waals surface area contributed by atoms with E-state index in [0.29, 0.717) is 17.7 Å². The summed E-state index contributed by atoms with van der Waals surface area (Å²) < 4.78 is 64.9. The van der Waals surface area contributed by atoms with E-state index in [0.717, 1.165) is 6.07 Å². The molecule has 1 aromatic heterocycles. The number of aliphatic hydroxyl groups is 1. The maximum absolute atomic E-state index is 14.6. The summed E-state index contributed by atoms with van der Waals surface area (Å²) in [6.07, 6.45) is -3.79. The largest absolute Gasteiger partial charge is 0.490 e. The molecule has 0 aliphatic heterocycles. The Hall–Kier alpha value is -4.83. The number of amides is 3. The van der Waals surface area contributed by atoms with Crippen molar-refractivity contribution >= 4 is 29.4 Å². The molecule has 3 aromatic rings. The molecule has 0 radical (unpaired) electrons. The topological polar surface area (TPSA) is 176 Å². The fourth-order valence-electron chi connectivity index (χ4n) is 2.96. The first kappa shape index (κ1) is 32.4. The van der Waals surface area contributed by atoms with Crippen molar-refractivity contribution in [3.63, 3.8) is 0 Å². The van der Waals surface area contributed by atoms with Crippen LogP contribution in [0, 0.1) is 11.6 Å². The van der Waals surface area contributed by atoms with Crippen LogP contribution in [-0.4, -0.2) is 52.4 Å². The van der Waals surface area contributed by atoms with Gasteiger partial charge < -0.3 is 31.3 Å². The third-order valence-corrected chi connectivity index (χ3v) is 4.82. The van der Waals surface area contributed by atoms with Crippen LogP contribution in [0.15, 0.2) is 54.7 Å². The molecule has 0 saturated heterocycles. The maximum Gasteiger partial charge on any atom is 0.490 e. The van der Waals surface area contributed by atoms with Crippen molar-refractivity contribution < 1.29 is 51.3 Å². The number of anilines is 2. The van der Waals surface area contributed by atoms with Gasteiger partial charge in [0.1, 0.15) is 17.4 Å². The fraction of sp³-hybridized carbons (Fsp3) is 0.200. The number of nitrogen functional groups attached to an aromatic ring is 1. The number of nitrogens with zero attached hydrogens (tertiary/aromatic N) is 1. The maximum atomic E-state index is 14.6. The van der Waals surface area contributed by atoms with E-state index in [1.165, 1.54) is 48.7 Å². The Morgan fingerprint density at radius 3 is 2.24 bits per heavy atom. The van der Waals surface area contributed by atoms with E-state index in [-0.39, 0.29) is 42.6 Å². The van der Waals surface area contributed by atoms with Gasteiger partial charge in [-0.15, -0.1) is 0 Å². The summed E-state index contributed by atoms with van der Waals surface area (Å²) in [5.74, 6) is -4.20. The Bertz CT molecular complexity index is 1360. The average Bonchev–Trinajstić information content (AvgIpc) is 2.88. The lowest BCUT2D eigenvalue weighted by molar-refractivity contribution is -0.192. The summed E-state index contributed by atoms with van der Waals surface area (Å²) in [4.78, 5) is 36.9. The predicted molar refractivity (Wildman–Crippen MR) is 135 cm³/mol. The van der Waals surface area contributed by atoms with Gasteiger partial charge in [0.15, 0.2) is 11.6 Å². The van der Waals surface area contributed by atoms with Crippen LogP contribution in [0.25, 0.3) is 0 Å². The first-order valence-electron chi connectivity index (χ1n) is 11.5. The molecule has 0 saturated carbocycles. The van der Waals surface area contributed by atoms with Crippen LogP contribution in [0.2, 0.25) is 0 Å². The molecule has 16 heteroatoms. The molecule has 41 heavy (non-hydrogen) atoms. The number of carboxylic acid groups (broad SMARTS) is 1. The lowest BCUT2D eigenvalue weighted by atomic mass is 10.1. The van der Waals surface area contributed by atoms with E-state index in [4.69, 9.17) is 25.5 Å². The molecule has 0 unspecified atom stereocenters. The molecular formula is C25H24F5N5O6. The number of benzene rings is 2. The van der Waals surface area contributed by atoms with Crippen LogP contribution in [0.5, 0.6) is 11.5 Å². The number of carbonyl (C=O) groups is 3. The van der Waals surface area contributed by atoms with Crippen LogP contribution < -0.4 is 26.4 Å². The number of hydrogen-bond donors (Lipinski definition) is 6. The number of hydrogen-bond acceptors (Lipinski definition) is 8. The van der Waals surface area contributed by atoms with Gasteiger partial charge in [0.2, 0.25) is 5.91 Å². The fourth-order valence-corrected chi connectivity index (χ4v) is 2.96. The Balaban J connectivity index is 0.000000745. The highest BCUT2D eigenvalue weighted by molar-refractivity contribution is 6.01. The van der Waals surface area contributed by atoms with E-state index in [9.17, 15) is 31.5 Å². The standard InChI is InChI=1S/C23H23F2N5O4.C2HF3O2/c24-15-3-1-14(2-4-15)11-21(32)30-23(33)29-16-5-6-20(18(25)12-16)34-19-7-8-28-22(26)17(19)13-27-9-10-31;3-2(4,5)1(6)7/h1-8,12,27,31H,9-11,13H2,(H2,26,28)(H2,29,30,32,33);(H,6,7). The summed E-state index contributed by atoms with van der Waals surface area (Å²) in [5.41, 5.74) is 7.00. The van der Waals surface area contributed by atoms with E-state index in [1.54, 1.807) is 0 Å². The number of pyridine rings is 1. The Morgan fingerprint density at radius 2 is 1.66 bits per heavy atom. The number of imide groups is 1. The van der Waals surface area contributed by atoms with Gasteiger partial charge in [0.05, 0.1) is 18.6 Å². The highest BCUT2D eigenvalue weighted by Crippen LogP contribution is 2.30. The molecule has 7 N–H and O–H groups in total. The number of alkyl halides is 3. The number of urea groups is 1. The molecule has 0 fully saturated rings. The van der Waals surface area contributed by atoms with Crippen molar-refractivity contribution in [1.29, 1.82) is 0 Å². The van der Waals surface area contributed by atoms with Gasteiger partial charge in [0, 0.05) is 31.0 Å². The van der Waals surface area contributed by atoms with Gasteiger partial charge in [0.25, 0.3) is 0 Å². The SMILES string of the molecule is Nc1nccc(Oc2ccc(NC(=O)NC(=O)Cc3ccc(F)cc3)cc2F)c1CNCCO.O=C(O)C(F)(F)F. The Kier molecular flexibility index (Phi) is 11.9. The van der Waals surface area contributed by atoms with E-state index >= 15 is 0 Å². The minimum Gasteiger partial charge on any atom is -0.475 e. The second-order valence-corrected chi connectivity index (χ2v) is 7.93. The Labute approximate surface area is 229 Å². The number of aromatic nitrogens is 1. The molecule has 11 nitrogen and oxygen atoms in total. The molecule has 0 spiro atoms. The van der Waals surface area contributed by atoms with Gasteiger partial charge in [-0.25, -0.2) is 23.4 Å². The minimum absolute atomic E-state index is 0.0646. The number of halogens is 5. The molecule has 3 amide bonds. The van der Waals surface area contributed by atoms with Crippen molar-refractivity contribution in [1.82, 2.24) is 15.6 Å². The number of nitrogens with one attached hydrogen (secondary N) is 3. The zero-order valence-corrected chi connectivity index (χ0v) is 21.0. The van der Waals surface area contributed by atoms with Gasteiger partial charge in [-0.05, 0) is 35.9 Å². The monoisotopic (exact) mass is 585 g/mol. The zero-order valence-electron chi connectivity index (χ0n) is 21.0. The van der Waals surface area contributed by atoms with Crippen LogP contribution in [0.3, 0.4) is 0 Å². The number of rotatable bonds is 9. The predicted octanol–water partition coefficient (Wildman–Crippen LogP) is 3.34. The van der Waals surface area contributed by atoms with Gasteiger partial charge in [-0.2, -0.15) is 13.2 Å².